The first-order chi connectivity index (χ1) is 9.21. The highest BCUT2D eigenvalue weighted by Gasteiger charge is 2.15. The number of carbonyl (C=O) groups excluding carboxylic acids is 1. The van der Waals surface area contributed by atoms with Crippen LogP contribution in [0.25, 0.3) is 0 Å². The van der Waals surface area contributed by atoms with Crippen molar-refractivity contribution in [2.45, 2.75) is 11.3 Å². The van der Waals surface area contributed by atoms with E-state index in [4.69, 9.17) is 16.7 Å². The largest absolute Gasteiger partial charge is 0.352 e. The monoisotopic (exact) mass is 338 g/mol. The second kappa shape index (κ2) is 7.16. The topological polar surface area (TPSA) is 106 Å². The zero-order chi connectivity index (χ0) is 15.3. The summed E-state index contributed by atoms with van der Waals surface area (Å²) in [5.74, 6) is -0.0204. The summed E-state index contributed by atoms with van der Waals surface area (Å²) >= 11 is 5.86. The molecule has 0 aliphatic heterocycles. The summed E-state index contributed by atoms with van der Waals surface area (Å²) < 4.78 is 33.3. The van der Waals surface area contributed by atoms with Crippen LogP contribution in [-0.4, -0.2) is 37.1 Å². The minimum atomic E-state index is -3.89. The lowest BCUT2D eigenvalue weighted by molar-refractivity contribution is 0.0953. The number of hydrogen-bond donors (Lipinski definition) is 2. The van der Waals surface area contributed by atoms with Crippen molar-refractivity contribution in [3.05, 3.63) is 28.8 Å². The molecule has 0 bridgehead atoms. The van der Waals surface area contributed by atoms with Crippen molar-refractivity contribution in [3.8, 4) is 0 Å². The number of nitrogens with two attached hydrogens (primary N) is 1. The van der Waals surface area contributed by atoms with Crippen LogP contribution in [0, 0.1) is 0 Å². The first-order valence-corrected chi connectivity index (χ1v) is 9.27. The van der Waals surface area contributed by atoms with Gasteiger partial charge in [0.05, 0.1) is 15.5 Å². The highest BCUT2D eigenvalue weighted by atomic mass is 35.5. The maximum Gasteiger partial charge on any atom is 0.252 e. The summed E-state index contributed by atoms with van der Waals surface area (Å²) in [4.78, 5) is 11.7. The van der Waals surface area contributed by atoms with Crippen LogP contribution >= 0.6 is 11.6 Å². The van der Waals surface area contributed by atoms with Gasteiger partial charge in [0, 0.05) is 29.4 Å². The summed E-state index contributed by atoms with van der Waals surface area (Å²) in [6, 6.07) is 3.66. The lowest BCUT2D eigenvalue weighted by Gasteiger charge is -2.08. The van der Waals surface area contributed by atoms with Crippen molar-refractivity contribution in [3.63, 3.8) is 0 Å². The van der Waals surface area contributed by atoms with E-state index in [0.29, 0.717) is 18.7 Å². The van der Waals surface area contributed by atoms with E-state index in [-0.39, 0.29) is 15.5 Å². The molecule has 1 atom stereocenters. The molecular formula is C11H15ClN2O4S2. The van der Waals surface area contributed by atoms with Crippen LogP contribution < -0.4 is 10.5 Å². The fraction of sp³-hybridized carbons (Fsp3) is 0.364. The second-order valence-electron chi connectivity index (χ2n) is 4.07. The predicted octanol–water partition coefficient (Wildman–Crippen LogP) is 0.486. The normalized spacial score (nSPS) is 12.9. The standard InChI is InChI=1S/C11H15ClN2O4S2/c1-19(16)6-2-5-14-11(15)9-7-8(20(13,17)18)3-4-10(9)12/h3-4,7H,2,5-6H2,1H3,(H,14,15)(H2,13,17,18). The molecule has 0 radical (unpaired) electrons. The van der Waals surface area contributed by atoms with Gasteiger partial charge in [0.25, 0.3) is 5.91 Å². The van der Waals surface area contributed by atoms with Gasteiger partial charge in [0.2, 0.25) is 10.0 Å². The van der Waals surface area contributed by atoms with Crippen LogP contribution in [0.4, 0.5) is 0 Å². The van der Waals surface area contributed by atoms with Crippen molar-refractivity contribution < 1.29 is 17.4 Å². The van der Waals surface area contributed by atoms with Crippen molar-refractivity contribution in [1.29, 1.82) is 0 Å². The first kappa shape index (κ1) is 17.1. The van der Waals surface area contributed by atoms with Gasteiger partial charge in [-0.25, -0.2) is 13.6 Å². The zero-order valence-corrected chi connectivity index (χ0v) is 13.1. The summed E-state index contributed by atoms with van der Waals surface area (Å²) in [7, 11) is -4.81. The Balaban J connectivity index is 2.80. The molecule has 6 nitrogen and oxygen atoms in total. The number of benzene rings is 1. The van der Waals surface area contributed by atoms with Crippen LogP contribution in [0.2, 0.25) is 5.02 Å². The van der Waals surface area contributed by atoms with Gasteiger partial charge in [-0.3, -0.25) is 9.00 Å². The highest BCUT2D eigenvalue weighted by Crippen LogP contribution is 2.19. The van der Waals surface area contributed by atoms with Crippen LogP contribution in [-0.2, 0) is 20.8 Å². The first-order valence-electron chi connectivity index (χ1n) is 5.62. The molecule has 0 fully saturated rings. The quantitative estimate of drug-likeness (QED) is 0.736. The molecule has 0 aliphatic rings. The van der Waals surface area contributed by atoms with Crippen molar-refractivity contribution in [2.24, 2.45) is 5.14 Å². The Hall–Kier alpha value is -0.960. The predicted molar refractivity (Wildman–Crippen MR) is 78.7 cm³/mol. The van der Waals surface area contributed by atoms with Crippen molar-refractivity contribution in [2.75, 3.05) is 18.6 Å². The molecule has 0 aromatic heterocycles. The molecule has 9 heteroatoms. The number of halogens is 1. The van der Waals surface area contributed by atoms with E-state index < -0.39 is 26.7 Å². The van der Waals surface area contributed by atoms with Gasteiger partial charge < -0.3 is 5.32 Å². The molecule has 0 saturated carbocycles. The van der Waals surface area contributed by atoms with E-state index in [9.17, 15) is 17.4 Å². The van der Waals surface area contributed by atoms with Crippen LogP contribution in [0.5, 0.6) is 0 Å². The summed E-state index contributed by atoms with van der Waals surface area (Å²) in [6.07, 6.45) is 2.13. The molecule has 1 rings (SSSR count). The Bertz CT molecular complexity index is 631. The minimum absolute atomic E-state index is 0.0378. The number of nitrogens with one attached hydrogen (secondary N) is 1. The number of primary sulfonamides is 1. The number of hydrogen-bond acceptors (Lipinski definition) is 4. The molecule has 1 aromatic rings. The van der Waals surface area contributed by atoms with Crippen LogP contribution in [0.1, 0.15) is 16.8 Å². The molecule has 20 heavy (non-hydrogen) atoms. The van der Waals surface area contributed by atoms with Gasteiger partial charge >= 0.3 is 0 Å². The van der Waals surface area contributed by atoms with E-state index >= 15 is 0 Å². The maximum absolute atomic E-state index is 11.9. The molecule has 0 heterocycles. The second-order valence-corrected chi connectivity index (χ2v) is 7.60. The average molecular weight is 339 g/mol. The Morgan fingerprint density at radius 2 is 2.10 bits per heavy atom. The van der Waals surface area contributed by atoms with Gasteiger partial charge in [0.1, 0.15) is 0 Å². The van der Waals surface area contributed by atoms with E-state index in [1.807, 2.05) is 0 Å². The molecular weight excluding hydrogens is 324 g/mol. The Kier molecular flexibility index (Phi) is 6.12. The zero-order valence-electron chi connectivity index (χ0n) is 10.8. The smallest absolute Gasteiger partial charge is 0.252 e. The molecule has 1 unspecified atom stereocenters. The van der Waals surface area contributed by atoms with Gasteiger partial charge in [-0.05, 0) is 24.6 Å². The maximum atomic E-state index is 11.9. The van der Waals surface area contributed by atoms with Gasteiger partial charge in [-0.15, -0.1) is 0 Å². The van der Waals surface area contributed by atoms with Crippen molar-refractivity contribution >= 4 is 38.3 Å². The van der Waals surface area contributed by atoms with Gasteiger partial charge in [-0.2, -0.15) is 0 Å². The van der Waals surface area contributed by atoms with Crippen LogP contribution in [0.3, 0.4) is 0 Å². The summed E-state index contributed by atoms with van der Waals surface area (Å²) in [6.45, 7) is 0.328. The Morgan fingerprint density at radius 3 is 2.65 bits per heavy atom. The summed E-state index contributed by atoms with van der Waals surface area (Å²) in [5.41, 5.74) is 0.0378. The average Bonchev–Trinajstić information content (AvgIpc) is 2.33. The lowest BCUT2D eigenvalue weighted by atomic mass is 10.2. The SMILES string of the molecule is CS(=O)CCCNC(=O)c1cc(S(N)(=O)=O)ccc1Cl. The molecule has 0 aliphatic carbocycles. The highest BCUT2D eigenvalue weighted by molar-refractivity contribution is 7.89. The molecule has 3 N–H and O–H groups in total. The Morgan fingerprint density at radius 1 is 1.45 bits per heavy atom. The molecule has 0 saturated heterocycles. The third kappa shape index (κ3) is 5.20. The molecule has 0 spiro atoms. The van der Waals surface area contributed by atoms with E-state index in [0.717, 1.165) is 6.07 Å². The number of carbonyl (C=O) groups is 1. The number of sulfonamides is 1. The molecule has 112 valence electrons. The minimum Gasteiger partial charge on any atom is -0.352 e. The Labute approximate surface area is 125 Å². The van der Waals surface area contributed by atoms with Crippen molar-refractivity contribution in [1.82, 2.24) is 5.32 Å². The fourth-order valence-electron chi connectivity index (χ4n) is 1.43. The summed E-state index contributed by atoms with van der Waals surface area (Å²) in [5, 5.41) is 7.71. The number of amides is 1. The van der Waals surface area contributed by atoms with E-state index in [1.54, 1.807) is 6.26 Å². The van der Waals surface area contributed by atoms with Gasteiger partial charge in [-0.1, -0.05) is 11.6 Å². The third-order valence-electron chi connectivity index (χ3n) is 2.41. The fourth-order valence-corrected chi connectivity index (χ4v) is 2.72. The van der Waals surface area contributed by atoms with E-state index in [2.05, 4.69) is 5.32 Å². The third-order valence-corrected chi connectivity index (χ3v) is 4.51. The molecule has 1 amide bonds. The van der Waals surface area contributed by atoms with Crippen LogP contribution in [0.15, 0.2) is 23.1 Å². The number of rotatable bonds is 6. The van der Waals surface area contributed by atoms with E-state index in [1.165, 1.54) is 12.1 Å². The lowest BCUT2D eigenvalue weighted by Crippen LogP contribution is -2.26. The van der Waals surface area contributed by atoms with Gasteiger partial charge in [0.15, 0.2) is 0 Å². The molecule has 1 aromatic carbocycles.